The summed E-state index contributed by atoms with van der Waals surface area (Å²) in [4.78, 5) is 0.180. The van der Waals surface area contributed by atoms with Crippen molar-refractivity contribution in [2.24, 2.45) is 0 Å². The third-order valence-corrected chi connectivity index (χ3v) is 3.34. The van der Waals surface area contributed by atoms with Crippen molar-refractivity contribution in [2.45, 2.75) is 24.5 Å². The Kier molecular flexibility index (Phi) is 5.01. The molecule has 0 heterocycles. The Bertz CT molecular complexity index is 365. The van der Waals surface area contributed by atoms with E-state index in [1.165, 1.54) is 0 Å². The number of alkyl halides is 4. The second-order valence-corrected chi connectivity index (χ2v) is 5.24. The molecule has 1 aromatic carbocycles. The Morgan fingerprint density at radius 2 is 1.88 bits per heavy atom. The molecular weight excluding hydrogens is 295 g/mol. The highest BCUT2D eigenvalue weighted by atomic mass is 79.9. The van der Waals surface area contributed by atoms with E-state index in [0.717, 1.165) is 11.1 Å². The quantitative estimate of drug-likeness (QED) is 0.766. The molecule has 0 aliphatic carbocycles. The number of hydrogen-bond donors (Lipinski definition) is 0. The molecule has 5 heteroatoms. The van der Waals surface area contributed by atoms with E-state index in [4.69, 9.17) is 0 Å². The normalized spacial score (nSPS) is 14.1. The summed E-state index contributed by atoms with van der Waals surface area (Å²) >= 11 is 2.66. The van der Waals surface area contributed by atoms with E-state index < -0.39 is 11.0 Å². The van der Waals surface area contributed by atoms with Gasteiger partial charge in [-0.15, -0.1) is 0 Å². The maximum absolute atomic E-state index is 12.4. The summed E-state index contributed by atoms with van der Waals surface area (Å²) in [5.41, 5.74) is 2.15. The van der Waals surface area contributed by atoms with E-state index >= 15 is 0 Å². The Morgan fingerprint density at radius 1 is 1.29 bits per heavy atom. The van der Waals surface area contributed by atoms with Gasteiger partial charge in [0, 0.05) is 13.1 Å². The summed E-state index contributed by atoms with van der Waals surface area (Å²) in [6.45, 7) is 2.42. The van der Waals surface area contributed by atoms with E-state index in [2.05, 4.69) is 15.9 Å². The smallest absolute Gasteiger partial charge is 0.301 e. The van der Waals surface area contributed by atoms with Gasteiger partial charge < -0.3 is 4.90 Å². The number of nitrogens with zero attached hydrogens (tertiary/aromatic N) is 1. The SMILES string of the molecule is Cc1ccccc1CN(C)CC(Br)C(F)(F)F. The molecule has 0 aromatic heterocycles. The van der Waals surface area contributed by atoms with Gasteiger partial charge in [-0.05, 0) is 25.1 Å². The average Bonchev–Trinajstić information content (AvgIpc) is 2.20. The lowest BCUT2D eigenvalue weighted by Crippen LogP contribution is -2.35. The molecule has 96 valence electrons. The Hall–Kier alpha value is -0.550. The fraction of sp³-hybridized carbons (Fsp3) is 0.500. The minimum absolute atomic E-state index is 0.0577. The topological polar surface area (TPSA) is 3.24 Å². The van der Waals surface area contributed by atoms with Gasteiger partial charge in [0.1, 0.15) is 4.83 Å². The van der Waals surface area contributed by atoms with Gasteiger partial charge in [-0.3, -0.25) is 0 Å². The minimum Gasteiger partial charge on any atom is -0.301 e. The lowest BCUT2D eigenvalue weighted by atomic mass is 10.1. The van der Waals surface area contributed by atoms with Crippen LogP contribution >= 0.6 is 15.9 Å². The van der Waals surface area contributed by atoms with Crippen LogP contribution in [0.25, 0.3) is 0 Å². The zero-order valence-corrected chi connectivity index (χ0v) is 11.3. The molecule has 0 bridgehead atoms. The van der Waals surface area contributed by atoms with E-state index in [0.29, 0.717) is 6.54 Å². The van der Waals surface area contributed by atoms with Crippen LogP contribution in [0.1, 0.15) is 11.1 Å². The van der Waals surface area contributed by atoms with Gasteiger partial charge in [0.05, 0.1) is 0 Å². The molecular formula is C12H15BrF3N. The summed E-state index contributed by atoms with van der Waals surface area (Å²) in [6, 6.07) is 7.70. The first-order valence-corrected chi connectivity index (χ1v) is 6.16. The predicted molar refractivity (Wildman–Crippen MR) is 66.3 cm³/mol. The highest BCUT2D eigenvalue weighted by Gasteiger charge is 2.38. The maximum atomic E-state index is 12.4. The molecule has 0 aliphatic heterocycles. The minimum atomic E-state index is -4.19. The summed E-state index contributed by atoms with van der Waals surface area (Å²) in [5, 5.41) is 0. The van der Waals surface area contributed by atoms with Gasteiger partial charge >= 0.3 is 6.18 Å². The van der Waals surface area contributed by atoms with E-state index in [1.54, 1.807) is 11.9 Å². The van der Waals surface area contributed by atoms with Crippen molar-refractivity contribution in [3.8, 4) is 0 Å². The molecule has 0 N–H and O–H groups in total. The van der Waals surface area contributed by atoms with Crippen LogP contribution in [0.15, 0.2) is 24.3 Å². The molecule has 1 rings (SSSR count). The van der Waals surface area contributed by atoms with Crippen LogP contribution in [-0.4, -0.2) is 29.5 Å². The highest BCUT2D eigenvalue weighted by Crippen LogP contribution is 2.27. The molecule has 0 amide bonds. The third-order valence-electron chi connectivity index (χ3n) is 2.53. The predicted octanol–water partition coefficient (Wildman–Crippen LogP) is 3.75. The molecule has 1 nitrogen and oxygen atoms in total. The van der Waals surface area contributed by atoms with Crippen molar-refractivity contribution < 1.29 is 13.2 Å². The molecule has 1 unspecified atom stereocenters. The van der Waals surface area contributed by atoms with Crippen LogP contribution < -0.4 is 0 Å². The number of rotatable bonds is 4. The Morgan fingerprint density at radius 3 is 2.41 bits per heavy atom. The van der Waals surface area contributed by atoms with Crippen LogP contribution in [0.3, 0.4) is 0 Å². The van der Waals surface area contributed by atoms with Gasteiger partial charge in [0.2, 0.25) is 0 Å². The molecule has 1 atom stereocenters. The standard InChI is InChI=1S/C12H15BrF3N/c1-9-5-3-4-6-10(9)7-17(2)8-11(13)12(14,15)16/h3-6,11H,7-8H2,1-2H3. The zero-order valence-electron chi connectivity index (χ0n) is 9.76. The largest absolute Gasteiger partial charge is 0.402 e. The van der Waals surface area contributed by atoms with Gasteiger partial charge in [-0.1, -0.05) is 40.2 Å². The molecule has 1 aromatic rings. The molecule has 0 radical (unpaired) electrons. The van der Waals surface area contributed by atoms with Gasteiger partial charge in [-0.2, -0.15) is 13.2 Å². The molecule has 0 saturated carbocycles. The third kappa shape index (κ3) is 4.68. The second-order valence-electron chi connectivity index (χ2n) is 4.13. The first-order chi connectivity index (χ1) is 7.80. The van der Waals surface area contributed by atoms with E-state index in [9.17, 15) is 13.2 Å². The fourth-order valence-electron chi connectivity index (χ4n) is 1.52. The second kappa shape index (κ2) is 5.87. The van der Waals surface area contributed by atoms with E-state index in [-0.39, 0.29) is 6.54 Å². The van der Waals surface area contributed by atoms with Crippen LogP contribution in [0.5, 0.6) is 0 Å². The van der Waals surface area contributed by atoms with Gasteiger partial charge in [0.25, 0.3) is 0 Å². The van der Waals surface area contributed by atoms with Crippen LogP contribution in [0.2, 0.25) is 0 Å². The zero-order chi connectivity index (χ0) is 13.1. The Balaban J connectivity index is 2.56. The van der Waals surface area contributed by atoms with Gasteiger partial charge in [0.15, 0.2) is 0 Å². The van der Waals surface area contributed by atoms with Crippen molar-refractivity contribution in [1.82, 2.24) is 4.90 Å². The van der Waals surface area contributed by atoms with Crippen molar-refractivity contribution >= 4 is 15.9 Å². The highest BCUT2D eigenvalue weighted by molar-refractivity contribution is 9.09. The van der Waals surface area contributed by atoms with Crippen molar-refractivity contribution in [1.29, 1.82) is 0 Å². The monoisotopic (exact) mass is 309 g/mol. The van der Waals surface area contributed by atoms with Crippen molar-refractivity contribution in [3.05, 3.63) is 35.4 Å². The Labute approximate surface area is 108 Å². The van der Waals surface area contributed by atoms with E-state index in [1.807, 2.05) is 31.2 Å². The summed E-state index contributed by atoms with van der Waals surface area (Å²) in [6.07, 6.45) is -4.19. The number of hydrogen-bond acceptors (Lipinski definition) is 1. The summed E-state index contributed by atoms with van der Waals surface area (Å²) in [7, 11) is 1.69. The number of benzene rings is 1. The first kappa shape index (κ1) is 14.5. The lowest BCUT2D eigenvalue weighted by molar-refractivity contribution is -0.130. The summed E-state index contributed by atoms with van der Waals surface area (Å²) < 4.78 is 37.1. The van der Waals surface area contributed by atoms with Crippen molar-refractivity contribution in [3.63, 3.8) is 0 Å². The lowest BCUT2D eigenvalue weighted by Gasteiger charge is -2.22. The first-order valence-electron chi connectivity index (χ1n) is 5.24. The van der Waals surface area contributed by atoms with Crippen LogP contribution in [0.4, 0.5) is 13.2 Å². The van der Waals surface area contributed by atoms with Crippen LogP contribution in [0, 0.1) is 6.92 Å². The molecule has 0 saturated heterocycles. The molecule has 0 fully saturated rings. The number of halogens is 4. The van der Waals surface area contributed by atoms with Crippen molar-refractivity contribution in [2.75, 3.05) is 13.6 Å². The fourth-order valence-corrected chi connectivity index (χ4v) is 2.01. The van der Waals surface area contributed by atoms with Gasteiger partial charge in [-0.25, -0.2) is 0 Å². The van der Waals surface area contributed by atoms with Crippen LogP contribution in [-0.2, 0) is 6.54 Å². The molecule has 17 heavy (non-hydrogen) atoms. The maximum Gasteiger partial charge on any atom is 0.402 e. The summed E-state index contributed by atoms with van der Waals surface area (Å²) in [5.74, 6) is 0. The molecule has 0 aliphatic rings. The average molecular weight is 310 g/mol. The molecule has 0 spiro atoms. The number of aryl methyl sites for hydroxylation is 1.